The molecule has 5 heteroatoms. The maximum absolute atomic E-state index is 13.5. The Hall–Kier alpha value is -1.65. The van der Waals surface area contributed by atoms with E-state index in [1.54, 1.807) is 7.05 Å². The van der Waals surface area contributed by atoms with Gasteiger partial charge in [-0.25, -0.2) is 8.78 Å². The molecule has 0 aromatic heterocycles. The van der Waals surface area contributed by atoms with Gasteiger partial charge in [0, 0.05) is 19.7 Å². The van der Waals surface area contributed by atoms with Crippen molar-refractivity contribution in [2.45, 2.75) is 19.3 Å². The van der Waals surface area contributed by atoms with Gasteiger partial charge in [-0.15, -0.1) is 0 Å². The summed E-state index contributed by atoms with van der Waals surface area (Å²) < 4.78 is 26.5. The van der Waals surface area contributed by atoms with Crippen molar-refractivity contribution in [1.82, 2.24) is 4.90 Å². The van der Waals surface area contributed by atoms with Crippen LogP contribution in [0.5, 0.6) is 0 Å². The number of hydrogen-bond donors (Lipinski definition) is 1. The minimum absolute atomic E-state index is 0.171. The predicted molar refractivity (Wildman–Crippen MR) is 65.1 cm³/mol. The van der Waals surface area contributed by atoms with Crippen LogP contribution < -0.4 is 5.73 Å². The van der Waals surface area contributed by atoms with E-state index in [-0.39, 0.29) is 11.3 Å². The number of carbonyl (C=O) groups is 1. The van der Waals surface area contributed by atoms with Gasteiger partial charge in [0.05, 0.1) is 11.3 Å². The van der Waals surface area contributed by atoms with E-state index in [0.29, 0.717) is 18.5 Å². The number of carbonyl (C=O) groups excluding carboxylic acids is 1. The highest BCUT2D eigenvalue weighted by Gasteiger charge is 2.24. The van der Waals surface area contributed by atoms with Crippen molar-refractivity contribution in [1.29, 1.82) is 0 Å². The van der Waals surface area contributed by atoms with Crippen molar-refractivity contribution in [2.75, 3.05) is 19.3 Å². The fraction of sp³-hybridized carbons (Fsp3) is 0.462. The van der Waals surface area contributed by atoms with Gasteiger partial charge in [0.25, 0.3) is 5.91 Å². The SMILES string of the molecule is CN(CC1CCC1)C(=O)c1cc(N)c(F)cc1F. The third-order valence-electron chi connectivity index (χ3n) is 3.42. The third kappa shape index (κ3) is 2.44. The van der Waals surface area contributed by atoms with Gasteiger partial charge in [-0.2, -0.15) is 0 Å². The van der Waals surface area contributed by atoms with Gasteiger partial charge in [0.2, 0.25) is 0 Å². The normalized spacial score (nSPS) is 15.3. The third-order valence-corrected chi connectivity index (χ3v) is 3.42. The molecule has 3 nitrogen and oxygen atoms in total. The van der Waals surface area contributed by atoms with Crippen LogP contribution in [0, 0.1) is 17.6 Å². The zero-order chi connectivity index (χ0) is 13.3. The number of rotatable bonds is 3. The standard InChI is InChI=1S/C13H16F2N2O/c1-17(7-8-3-2-4-8)13(18)9-5-12(16)11(15)6-10(9)14/h5-6,8H,2-4,7,16H2,1H3. The number of anilines is 1. The summed E-state index contributed by atoms with van der Waals surface area (Å²) in [5.74, 6) is -1.66. The Morgan fingerprint density at radius 1 is 1.39 bits per heavy atom. The first kappa shape index (κ1) is 12.8. The minimum Gasteiger partial charge on any atom is -0.396 e. The van der Waals surface area contributed by atoms with E-state index in [1.807, 2.05) is 0 Å². The first-order chi connectivity index (χ1) is 8.49. The number of nitrogens with zero attached hydrogens (tertiary/aromatic N) is 1. The van der Waals surface area contributed by atoms with Gasteiger partial charge in [-0.05, 0) is 24.8 Å². The Labute approximate surface area is 105 Å². The summed E-state index contributed by atoms with van der Waals surface area (Å²) in [6, 6.07) is 1.71. The van der Waals surface area contributed by atoms with Gasteiger partial charge >= 0.3 is 0 Å². The number of nitrogens with two attached hydrogens (primary N) is 1. The van der Waals surface area contributed by atoms with Crippen molar-refractivity contribution >= 4 is 11.6 Å². The Kier molecular flexibility index (Phi) is 3.50. The molecule has 1 saturated carbocycles. The first-order valence-corrected chi connectivity index (χ1v) is 5.99. The largest absolute Gasteiger partial charge is 0.396 e. The van der Waals surface area contributed by atoms with E-state index >= 15 is 0 Å². The second-order valence-electron chi connectivity index (χ2n) is 4.84. The van der Waals surface area contributed by atoms with Crippen molar-refractivity contribution < 1.29 is 13.6 Å². The molecule has 0 radical (unpaired) electrons. The number of amides is 1. The fourth-order valence-corrected chi connectivity index (χ4v) is 2.08. The summed E-state index contributed by atoms with van der Waals surface area (Å²) in [5.41, 5.74) is 4.97. The lowest BCUT2D eigenvalue weighted by atomic mass is 9.85. The Balaban J connectivity index is 2.14. The van der Waals surface area contributed by atoms with E-state index in [2.05, 4.69) is 0 Å². The smallest absolute Gasteiger partial charge is 0.256 e. The highest BCUT2D eigenvalue weighted by molar-refractivity contribution is 5.95. The molecule has 0 heterocycles. The Morgan fingerprint density at radius 3 is 2.61 bits per heavy atom. The average Bonchev–Trinajstić information content (AvgIpc) is 2.27. The molecule has 1 aromatic carbocycles. The summed E-state index contributed by atoms with van der Waals surface area (Å²) >= 11 is 0. The average molecular weight is 254 g/mol. The van der Waals surface area contributed by atoms with Crippen molar-refractivity contribution in [3.8, 4) is 0 Å². The van der Waals surface area contributed by atoms with Gasteiger partial charge < -0.3 is 10.6 Å². The maximum Gasteiger partial charge on any atom is 0.256 e. The molecule has 0 atom stereocenters. The molecule has 2 rings (SSSR count). The number of benzene rings is 1. The predicted octanol–water partition coefficient (Wildman–Crippen LogP) is 2.42. The molecule has 0 saturated heterocycles. The van der Waals surface area contributed by atoms with Crippen LogP contribution in [0.25, 0.3) is 0 Å². The molecule has 0 bridgehead atoms. The summed E-state index contributed by atoms with van der Waals surface area (Å²) in [4.78, 5) is 13.5. The van der Waals surface area contributed by atoms with E-state index in [9.17, 15) is 13.6 Å². The Bertz CT molecular complexity index is 472. The highest BCUT2D eigenvalue weighted by atomic mass is 19.1. The maximum atomic E-state index is 13.5. The van der Waals surface area contributed by atoms with Crippen LogP contribution in [-0.4, -0.2) is 24.4 Å². The quantitative estimate of drug-likeness (QED) is 0.842. The molecule has 0 spiro atoms. The van der Waals surface area contributed by atoms with Crippen LogP contribution in [0.3, 0.4) is 0 Å². The molecular weight excluding hydrogens is 238 g/mol. The molecule has 0 aliphatic heterocycles. The van der Waals surface area contributed by atoms with Crippen molar-refractivity contribution in [3.05, 3.63) is 29.3 Å². The lowest BCUT2D eigenvalue weighted by molar-refractivity contribution is 0.0740. The topological polar surface area (TPSA) is 46.3 Å². The first-order valence-electron chi connectivity index (χ1n) is 5.99. The summed E-state index contributed by atoms with van der Waals surface area (Å²) in [5, 5.41) is 0. The van der Waals surface area contributed by atoms with E-state index in [1.165, 1.54) is 11.3 Å². The lowest BCUT2D eigenvalue weighted by Crippen LogP contribution is -2.34. The Morgan fingerprint density at radius 2 is 2.06 bits per heavy atom. The molecule has 2 N–H and O–H groups in total. The molecule has 0 unspecified atom stereocenters. The van der Waals surface area contributed by atoms with Crippen LogP contribution in [0.15, 0.2) is 12.1 Å². The second-order valence-corrected chi connectivity index (χ2v) is 4.84. The van der Waals surface area contributed by atoms with Crippen molar-refractivity contribution in [2.24, 2.45) is 5.92 Å². The van der Waals surface area contributed by atoms with Gasteiger partial charge in [-0.3, -0.25) is 4.79 Å². The van der Waals surface area contributed by atoms with Crippen LogP contribution >= 0.6 is 0 Å². The van der Waals surface area contributed by atoms with E-state index in [0.717, 1.165) is 18.9 Å². The minimum atomic E-state index is -0.868. The van der Waals surface area contributed by atoms with Gasteiger partial charge in [-0.1, -0.05) is 6.42 Å². The van der Waals surface area contributed by atoms with Gasteiger partial charge in [0.1, 0.15) is 11.6 Å². The van der Waals surface area contributed by atoms with Crippen LogP contribution in [-0.2, 0) is 0 Å². The van der Waals surface area contributed by atoms with Crippen LogP contribution in [0.1, 0.15) is 29.6 Å². The molecule has 1 aliphatic carbocycles. The molecule has 98 valence electrons. The summed E-state index contributed by atoms with van der Waals surface area (Å²) in [6.07, 6.45) is 3.39. The summed E-state index contributed by atoms with van der Waals surface area (Å²) in [6.45, 7) is 0.607. The highest BCUT2D eigenvalue weighted by Crippen LogP contribution is 2.27. The van der Waals surface area contributed by atoms with Crippen molar-refractivity contribution in [3.63, 3.8) is 0 Å². The molecule has 1 fully saturated rings. The van der Waals surface area contributed by atoms with E-state index in [4.69, 9.17) is 5.73 Å². The molecule has 1 aromatic rings. The molecule has 1 amide bonds. The molecule has 18 heavy (non-hydrogen) atoms. The van der Waals surface area contributed by atoms with Gasteiger partial charge in [0.15, 0.2) is 0 Å². The van der Waals surface area contributed by atoms with Crippen LogP contribution in [0.2, 0.25) is 0 Å². The lowest BCUT2D eigenvalue weighted by Gasteiger charge is -2.30. The number of hydrogen-bond acceptors (Lipinski definition) is 2. The molecular formula is C13H16F2N2O. The molecule has 1 aliphatic rings. The second kappa shape index (κ2) is 4.92. The van der Waals surface area contributed by atoms with Crippen LogP contribution in [0.4, 0.5) is 14.5 Å². The number of halogens is 2. The summed E-state index contributed by atoms with van der Waals surface area (Å²) in [7, 11) is 1.62. The zero-order valence-electron chi connectivity index (χ0n) is 10.2. The monoisotopic (exact) mass is 254 g/mol. The van der Waals surface area contributed by atoms with E-state index < -0.39 is 17.5 Å². The number of nitrogen functional groups attached to an aromatic ring is 1. The fourth-order valence-electron chi connectivity index (χ4n) is 2.08. The zero-order valence-corrected chi connectivity index (χ0v) is 10.2.